The number of fused-ring (bicyclic) bond motifs is 1. The van der Waals surface area contributed by atoms with Crippen molar-refractivity contribution in [2.24, 2.45) is 0 Å². The summed E-state index contributed by atoms with van der Waals surface area (Å²) in [7, 11) is 0. The zero-order valence-electron chi connectivity index (χ0n) is 11.6. The lowest BCUT2D eigenvalue weighted by Gasteiger charge is -2.06. The fourth-order valence-electron chi connectivity index (χ4n) is 2.46. The molecule has 0 saturated heterocycles. The molecule has 0 fully saturated rings. The Morgan fingerprint density at radius 2 is 2.05 bits per heavy atom. The number of aromatic nitrogens is 5. The topological polar surface area (TPSA) is 59.4 Å². The molecular formula is C16H12FN5. The zero-order chi connectivity index (χ0) is 14.9. The summed E-state index contributed by atoms with van der Waals surface area (Å²) in [6.45, 7) is 0.516. The van der Waals surface area contributed by atoms with Crippen molar-refractivity contribution in [3.8, 4) is 11.4 Å². The maximum absolute atomic E-state index is 13.4. The summed E-state index contributed by atoms with van der Waals surface area (Å²) in [4.78, 5) is 16.2. The number of hydrogen-bond donors (Lipinski definition) is 1. The summed E-state index contributed by atoms with van der Waals surface area (Å²) in [5.41, 5.74) is 2.31. The number of aromatic amines is 1. The SMILES string of the molecule is Fc1cccc(-c2nccn2Cc2nc3ncccc3[nH]2)c1. The van der Waals surface area contributed by atoms with Crippen molar-refractivity contribution in [1.29, 1.82) is 0 Å². The van der Waals surface area contributed by atoms with Crippen molar-refractivity contribution in [2.45, 2.75) is 6.54 Å². The van der Waals surface area contributed by atoms with Crippen LogP contribution in [0.4, 0.5) is 4.39 Å². The van der Waals surface area contributed by atoms with E-state index in [9.17, 15) is 4.39 Å². The minimum atomic E-state index is -0.278. The maximum atomic E-state index is 13.4. The molecule has 3 heterocycles. The Bertz CT molecular complexity index is 907. The molecule has 3 aromatic heterocycles. The largest absolute Gasteiger partial charge is 0.339 e. The van der Waals surface area contributed by atoms with Gasteiger partial charge in [-0.3, -0.25) is 0 Å². The fourth-order valence-corrected chi connectivity index (χ4v) is 2.46. The second-order valence-corrected chi connectivity index (χ2v) is 4.95. The van der Waals surface area contributed by atoms with Crippen LogP contribution in [0, 0.1) is 5.82 Å². The van der Waals surface area contributed by atoms with E-state index < -0.39 is 0 Å². The normalized spacial score (nSPS) is 11.1. The van der Waals surface area contributed by atoms with E-state index in [1.807, 2.05) is 29.0 Å². The van der Waals surface area contributed by atoms with Gasteiger partial charge in [0.05, 0.1) is 12.1 Å². The highest BCUT2D eigenvalue weighted by molar-refractivity contribution is 5.69. The number of pyridine rings is 1. The van der Waals surface area contributed by atoms with Crippen molar-refractivity contribution >= 4 is 11.2 Å². The summed E-state index contributed by atoms with van der Waals surface area (Å²) in [6, 6.07) is 10.2. The van der Waals surface area contributed by atoms with Gasteiger partial charge < -0.3 is 9.55 Å². The molecule has 0 aliphatic rings. The third kappa shape index (κ3) is 2.24. The van der Waals surface area contributed by atoms with Crippen LogP contribution < -0.4 is 0 Å². The summed E-state index contributed by atoms with van der Waals surface area (Å²) in [6.07, 6.45) is 5.25. The number of halogens is 1. The van der Waals surface area contributed by atoms with Gasteiger partial charge in [-0.2, -0.15) is 0 Å². The van der Waals surface area contributed by atoms with Gasteiger partial charge >= 0.3 is 0 Å². The molecule has 0 amide bonds. The molecule has 0 aliphatic carbocycles. The van der Waals surface area contributed by atoms with Gasteiger partial charge in [0.25, 0.3) is 0 Å². The van der Waals surface area contributed by atoms with E-state index in [0.717, 1.165) is 16.9 Å². The van der Waals surface area contributed by atoms with Gasteiger partial charge in [0.2, 0.25) is 0 Å². The standard InChI is InChI=1S/C16H12FN5/c17-12-4-1-3-11(9-12)16-19-7-8-22(16)10-14-20-13-5-2-6-18-15(13)21-14/h1-9H,10H2,(H,18,20,21). The third-order valence-corrected chi connectivity index (χ3v) is 3.42. The summed E-state index contributed by atoms with van der Waals surface area (Å²) >= 11 is 0. The first-order valence-electron chi connectivity index (χ1n) is 6.86. The third-order valence-electron chi connectivity index (χ3n) is 3.42. The molecule has 108 valence electrons. The number of imidazole rings is 2. The molecule has 0 unspecified atom stereocenters. The second kappa shape index (κ2) is 5.07. The predicted octanol–water partition coefficient (Wildman–Crippen LogP) is 3.01. The molecule has 0 spiro atoms. The Morgan fingerprint density at radius 1 is 1.09 bits per heavy atom. The van der Waals surface area contributed by atoms with Gasteiger partial charge in [0, 0.05) is 24.2 Å². The number of hydrogen-bond acceptors (Lipinski definition) is 3. The van der Waals surface area contributed by atoms with E-state index in [0.29, 0.717) is 18.0 Å². The minimum absolute atomic E-state index is 0.278. The monoisotopic (exact) mass is 293 g/mol. The van der Waals surface area contributed by atoms with Gasteiger partial charge in [-0.05, 0) is 24.3 Å². The smallest absolute Gasteiger partial charge is 0.177 e. The number of H-pyrrole nitrogens is 1. The van der Waals surface area contributed by atoms with Gasteiger partial charge in [0.1, 0.15) is 17.5 Å². The highest BCUT2D eigenvalue weighted by atomic mass is 19.1. The predicted molar refractivity (Wildman–Crippen MR) is 80.6 cm³/mol. The quantitative estimate of drug-likeness (QED) is 0.631. The molecule has 1 aromatic carbocycles. The molecule has 22 heavy (non-hydrogen) atoms. The first kappa shape index (κ1) is 12.7. The van der Waals surface area contributed by atoms with E-state index >= 15 is 0 Å². The maximum Gasteiger partial charge on any atom is 0.177 e. The Hall–Kier alpha value is -3.02. The van der Waals surface area contributed by atoms with Crippen LogP contribution in [0.25, 0.3) is 22.6 Å². The van der Waals surface area contributed by atoms with E-state index in [4.69, 9.17) is 0 Å². The molecule has 6 heteroatoms. The molecule has 0 radical (unpaired) electrons. The highest BCUT2D eigenvalue weighted by Crippen LogP contribution is 2.19. The van der Waals surface area contributed by atoms with Crippen LogP contribution in [0.3, 0.4) is 0 Å². The van der Waals surface area contributed by atoms with E-state index in [1.54, 1.807) is 18.5 Å². The lowest BCUT2D eigenvalue weighted by atomic mass is 10.2. The second-order valence-electron chi connectivity index (χ2n) is 4.95. The summed E-state index contributed by atoms with van der Waals surface area (Å²) in [5.74, 6) is 1.21. The highest BCUT2D eigenvalue weighted by Gasteiger charge is 2.09. The fraction of sp³-hybridized carbons (Fsp3) is 0.0625. The van der Waals surface area contributed by atoms with E-state index in [-0.39, 0.29) is 5.82 Å². The molecule has 0 bridgehead atoms. The molecule has 0 aliphatic heterocycles. The first-order valence-corrected chi connectivity index (χ1v) is 6.86. The molecule has 4 rings (SSSR count). The summed E-state index contributed by atoms with van der Waals surface area (Å²) in [5, 5.41) is 0. The lowest BCUT2D eigenvalue weighted by molar-refractivity contribution is 0.628. The van der Waals surface area contributed by atoms with Crippen molar-refractivity contribution in [2.75, 3.05) is 0 Å². The van der Waals surface area contributed by atoms with Gasteiger partial charge in [-0.1, -0.05) is 12.1 Å². The van der Waals surface area contributed by atoms with Gasteiger partial charge in [-0.25, -0.2) is 19.3 Å². The Balaban J connectivity index is 1.70. The molecule has 1 N–H and O–H groups in total. The van der Waals surface area contributed by atoms with Crippen molar-refractivity contribution in [3.05, 3.63) is 66.6 Å². The van der Waals surface area contributed by atoms with E-state index in [1.165, 1.54) is 12.1 Å². The lowest BCUT2D eigenvalue weighted by Crippen LogP contribution is -2.02. The van der Waals surface area contributed by atoms with Crippen LogP contribution in [0.1, 0.15) is 5.82 Å². The van der Waals surface area contributed by atoms with Gasteiger partial charge in [-0.15, -0.1) is 0 Å². The van der Waals surface area contributed by atoms with Crippen molar-refractivity contribution in [3.63, 3.8) is 0 Å². The molecule has 0 atom stereocenters. The van der Waals surface area contributed by atoms with Crippen LogP contribution in [-0.4, -0.2) is 24.5 Å². The first-order chi connectivity index (χ1) is 10.8. The molecular weight excluding hydrogens is 281 g/mol. The molecule has 0 saturated carbocycles. The van der Waals surface area contributed by atoms with Crippen LogP contribution in [0.15, 0.2) is 55.0 Å². The molecule has 4 aromatic rings. The van der Waals surface area contributed by atoms with Crippen LogP contribution in [0.2, 0.25) is 0 Å². The van der Waals surface area contributed by atoms with Crippen molar-refractivity contribution in [1.82, 2.24) is 24.5 Å². The average Bonchev–Trinajstić information content (AvgIpc) is 3.13. The Labute approximate surface area is 125 Å². The van der Waals surface area contributed by atoms with Gasteiger partial charge in [0.15, 0.2) is 5.65 Å². The van der Waals surface area contributed by atoms with Crippen molar-refractivity contribution < 1.29 is 4.39 Å². The Morgan fingerprint density at radius 3 is 2.91 bits per heavy atom. The number of nitrogens with one attached hydrogen (secondary N) is 1. The Kier molecular flexibility index (Phi) is 2.93. The van der Waals surface area contributed by atoms with Crippen LogP contribution in [-0.2, 0) is 6.54 Å². The average molecular weight is 293 g/mol. The number of rotatable bonds is 3. The molecule has 5 nitrogen and oxygen atoms in total. The summed E-state index contributed by atoms with van der Waals surface area (Å²) < 4.78 is 15.3. The van der Waals surface area contributed by atoms with Crippen LogP contribution in [0.5, 0.6) is 0 Å². The minimum Gasteiger partial charge on any atom is -0.339 e. The van der Waals surface area contributed by atoms with E-state index in [2.05, 4.69) is 19.9 Å². The van der Waals surface area contributed by atoms with Crippen LogP contribution >= 0.6 is 0 Å². The number of nitrogens with zero attached hydrogens (tertiary/aromatic N) is 4. The zero-order valence-corrected chi connectivity index (χ0v) is 11.6. The number of benzene rings is 1.